The second-order valence-corrected chi connectivity index (χ2v) is 7.32. The minimum absolute atomic E-state index is 0.583. The summed E-state index contributed by atoms with van der Waals surface area (Å²) in [6, 6.07) is 17.4. The highest BCUT2D eigenvalue weighted by Crippen LogP contribution is 2.32. The average Bonchev–Trinajstić information content (AvgIpc) is 3.46. The van der Waals surface area contributed by atoms with E-state index in [2.05, 4.69) is 25.4 Å². The fourth-order valence-electron chi connectivity index (χ4n) is 3.56. The first-order chi connectivity index (χ1) is 14.3. The third-order valence-corrected chi connectivity index (χ3v) is 5.21. The number of aromatic nitrogens is 6. The summed E-state index contributed by atoms with van der Waals surface area (Å²) < 4.78 is 1.70. The van der Waals surface area contributed by atoms with Gasteiger partial charge in [-0.2, -0.15) is 4.68 Å². The Morgan fingerprint density at radius 3 is 2.55 bits per heavy atom. The predicted molar refractivity (Wildman–Crippen MR) is 112 cm³/mol. The van der Waals surface area contributed by atoms with Crippen molar-refractivity contribution in [1.29, 1.82) is 0 Å². The molecular weight excluding hydrogens is 386 g/mol. The van der Waals surface area contributed by atoms with E-state index in [-0.39, 0.29) is 0 Å². The van der Waals surface area contributed by atoms with Crippen molar-refractivity contribution in [2.24, 2.45) is 0 Å². The summed E-state index contributed by atoms with van der Waals surface area (Å²) in [6.45, 7) is 1.94. The number of hydrogen-bond acceptors (Lipinski definition) is 6. The Balaban J connectivity index is 1.68. The van der Waals surface area contributed by atoms with Gasteiger partial charge in [0.05, 0.1) is 16.9 Å². The van der Waals surface area contributed by atoms with Crippen LogP contribution < -0.4 is 4.90 Å². The molecule has 0 saturated carbocycles. The van der Waals surface area contributed by atoms with Crippen molar-refractivity contribution in [2.75, 3.05) is 18.0 Å². The Labute approximate surface area is 173 Å². The molecule has 2 aromatic heterocycles. The molecule has 1 saturated heterocycles. The molecule has 0 aliphatic carbocycles. The second kappa shape index (κ2) is 7.60. The van der Waals surface area contributed by atoms with Crippen LogP contribution in [0.1, 0.15) is 12.8 Å². The first kappa shape index (κ1) is 17.8. The van der Waals surface area contributed by atoms with Gasteiger partial charge < -0.3 is 4.90 Å². The predicted octanol–water partition coefficient (Wildman–Crippen LogP) is 4.04. The van der Waals surface area contributed by atoms with Crippen LogP contribution in [-0.4, -0.2) is 43.3 Å². The number of nitrogens with zero attached hydrogens (tertiary/aromatic N) is 7. The summed E-state index contributed by atoms with van der Waals surface area (Å²) in [5.41, 5.74) is 3.28. The molecule has 0 atom stereocenters. The lowest BCUT2D eigenvalue weighted by molar-refractivity contribution is 0.791. The topological polar surface area (TPSA) is 72.6 Å². The Hall–Kier alpha value is -3.32. The third kappa shape index (κ3) is 3.45. The molecule has 0 unspecified atom stereocenters. The number of para-hydroxylation sites is 1. The lowest BCUT2D eigenvalue weighted by Gasteiger charge is -2.17. The van der Waals surface area contributed by atoms with E-state index in [1.54, 1.807) is 4.68 Å². The van der Waals surface area contributed by atoms with Gasteiger partial charge in [-0.15, -0.1) is 5.10 Å². The first-order valence-corrected chi connectivity index (χ1v) is 9.89. The van der Waals surface area contributed by atoms with Crippen LogP contribution in [0.4, 0.5) is 5.95 Å². The van der Waals surface area contributed by atoms with Gasteiger partial charge in [-0.25, -0.2) is 9.97 Å². The number of hydrogen-bond donors (Lipinski definition) is 0. The van der Waals surface area contributed by atoms with Crippen molar-refractivity contribution in [1.82, 2.24) is 30.2 Å². The molecule has 5 rings (SSSR count). The molecule has 0 radical (unpaired) electrons. The quantitative estimate of drug-likeness (QED) is 0.512. The fourth-order valence-corrected chi connectivity index (χ4v) is 3.75. The van der Waals surface area contributed by atoms with E-state index in [0.717, 1.165) is 54.4 Å². The van der Waals surface area contributed by atoms with E-state index in [4.69, 9.17) is 16.6 Å². The van der Waals surface area contributed by atoms with Crippen LogP contribution in [0.15, 0.2) is 60.8 Å². The normalized spacial score (nSPS) is 13.8. The van der Waals surface area contributed by atoms with Gasteiger partial charge in [0.25, 0.3) is 0 Å². The van der Waals surface area contributed by atoms with Crippen LogP contribution in [0.3, 0.4) is 0 Å². The van der Waals surface area contributed by atoms with Crippen LogP contribution in [0.2, 0.25) is 5.02 Å². The molecule has 0 spiro atoms. The molecular formula is C21H18ClN7. The summed E-state index contributed by atoms with van der Waals surface area (Å²) in [5, 5.41) is 13.0. The van der Waals surface area contributed by atoms with Crippen LogP contribution in [-0.2, 0) is 0 Å². The summed E-state index contributed by atoms with van der Waals surface area (Å²) in [4.78, 5) is 11.7. The summed E-state index contributed by atoms with van der Waals surface area (Å²) in [7, 11) is 0. The lowest BCUT2D eigenvalue weighted by Crippen LogP contribution is -2.20. The molecule has 7 nitrogen and oxygen atoms in total. The maximum atomic E-state index is 6.27. The zero-order chi connectivity index (χ0) is 19.6. The molecule has 4 aromatic rings. The molecule has 1 aliphatic heterocycles. The molecule has 0 bridgehead atoms. The van der Waals surface area contributed by atoms with E-state index in [1.165, 1.54) is 0 Å². The Morgan fingerprint density at radius 2 is 1.76 bits per heavy atom. The maximum absolute atomic E-state index is 6.27. The highest BCUT2D eigenvalue weighted by molar-refractivity contribution is 6.30. The molecule has 144 valence electrons. The minimum atomic E-state index is 0.583. The number of tetrazole rings is 1. The van der Waals surface area contributed by atoms with Gasteiger partial charge in [0.15, 0.2) is 5.82 Å². The molecule has 3 heterocycles. The van der Waals surface area contributed by atoms with Crippen LogP contribution in [0, 0.1) is 0 Å². The molecule has 0 amide bonds. The average molecular weight is 404 g/mol. The largest absolute Gasteiger partial charge is 0.341 e. The van der Waals surface area contributed by atoms with Gasteiger partial charge in [0.2, 0.25) is 5.95 Å². The zero-order valence-electron chi connectivity index (χ0n) is 15.6. The SMILES string of the molecule is Clc1cccc(-c2nc(N3CCCC3)ncc2-c2nnnn2-c2ccccc2)c1. The van der Waals surface area contributed by atoms with E-state index in [9.17, 15) is 0 Å². The van der Waals surface area contributed by atoms with Crippen molar-refractivity contribution in [3.05, 3.63) is 65.8 Å². The van der Waals surface area contributed by atoms with Crippen LogP contribution in [0.5, 0.6) is 0 Å². The van der Waals surface area contributed by atoms with Gasteiger partial charge in [-0.05, 0) is 47.5 Å². The summed E-state index contributed by atoms with van der Waals surface area (Å²) >= 11 is 6.27. The molecule has 8 heteroatoms. The highest BCUT2D eigenvalue weighted by atomic mass is 35.5. The van der Waals surface area contributed by atoms with E-state index in [1.807, 2.05) is 60.8 Å². The van der Waals surface area contributed by atoms with Gasteiger partial charge in [0.1, 0.15) is 0 Å². The fraction of sp³-hybridized carbons (Fsp3) is 0.190. The maximum Gasteiger partial charge on any atom is 0.225 e. The standard InChI is InChI=1S/C21H18ClN7/c22-16-8-6-7-15(13-16)19-18(14-23-21(24-19)28-11-4-5-12-28)20-25-26-27-29(20)17-9-2-1-3-10-17/h1-3,6-10,13-14H,4-5,11-12H2. The van der Waals surface area contributed by atoms with Gasteiger partial charge in [-0.3, -0.25) is 0 Å². The molecule has 1 fully saturated rings. The van der Waals surface area contributed by atoms with Crippen molar-refractivity contribution in [3.8, 4) is 28.3 Å². The second-order valence-electron chi connectivity index (χ2n) is 6.89. The smallest absolute Gasteiger partial charge is 0.225 e. The van der Waals surface area contributed by atoms with Crippen LogP contribution >= 0.6 is 11.6 Å². The van der Waals surface area contributed by atoms with Crippen molar-refractivity contribution in [2.45, 2.75) is 12.8 Å². The third-order valence-electron chi connectivity index (χ3n) is 4.97. The van der Waals surface area contributed by atoms with Crippen molar-refractivity contribution in [3.63, 3.8) is 0 Å². The van der Waals surface area contributed by atoms with Gasteiger partial charge in [0, 0.05) is 29.9 Å². The number of benzene rings is 2. The lowest BCUT2D eigenvalue weighted by atomic mass is 10.1. The Kier molecular flexibility index (Phi) is 4.65. The zero-order valence-corrected chi connectivity index (χ0v) is 16.4. The number of halogens is 1. The molecule has 2 aromatic carbocycles. The summed E-state index contributed by atoms with van der Waals surface area (Å²) in [5.74, 6) is 1.30. The Bertz CT molecular complexity index is 1140. The van der Waals surface area contributed by atoms with E-state index >= 15 is 0 Å². The minimum Gasteiger partial charge on any atom is -0.341 e. The number of anilines is 1. The first-order valence-electron chi connectivity index (χ1n) is 9.52. The van der Waals surface area contributed by atoms with E-state index < -0.39 is 0 Å². The van der Waals surface area contributed by atoms with Gasteiger partial charge in [-0.1, -0.05) is 41.9 Å². The van der Waals surface area contributed by atoms with E-state index in [0.29, 0.717) is 10.8 Å². The van der Waals surface area contributed by atoms with Crippen molar-refractivity contribution < 1.29 is 0 Å². The number of rotatable bonds is 4. The molecule has 29 heavy (non-hydrogen) atoms. The van der Waals surface area contributed by atoms with Crippen LogP contribution in [0.25, 0.3) is 28.3 Å². The van der Waals surface area contributed by atoms with Crippen molar-refractivity contribution >= 4 is 17.5 Å². The van der Waals surface area contributed by atoms with Gasteiger partial charge >= 0.3 is 0 Å². The monoisotopic (exact) mass is 403 g/mol. The summed E-state index contributed by atoms with van der Waals surface area (Å²) in [6.07, 6.45) is 4.12. The Morgan fingerprint density at radius 1 is 0.931 bits per heavy atom. The molecule has 1 aliphatic rings. The highest BCUT2D eigenvalue weighted by Gasteiger charge is 2.21. The molecule has 0 N–H and O–H groups in total.